The number of benzene rings is 2. The fraction of sp³-hybridized carbons (Fsp3) is 0.300. The molecule has 5 nitrogen and oxygen atoms in total. The minimum atomic E-state index is -0.440. The summed E-state index contributed by atoms with van der Waals surface area (Å²) in [4.78, 5) is 26.5. The van der Waals surface area contributed by atoms with Gasteiger partial charge in [-0.3, -0.25) is 13.9 Å². The maximum absolute atomic E-state index is 13.9. The molecule has 0 atom stereocenters. The molecule has 0 unspecified atom stereocenters. The number of halogens is 2. The predicted molar refractivity (Wildman–Crippen MR) is 104 cm³/mol. The average molecular weight is 390 g/mol. The maximum atomic E-state index is 13.9. The van der Waals surface area contributed by atoms with Gasteiger partial charge in [0.25, 0.3) is 0 Å². The zero-order valence-electron chi connectivity index (χ0n) is 15.3. The fourth-order valence-corrected chi connectivity index (χ4v) is 3.42. The smallest absolute Gasteiger partial charge is 0.329 e. The number of hydrogen-bond acceptors (Lipinski definition) is 2. The van der Waals surface area contributed by atoms with Gasteiger partial charge in [0.15, 0.2) is 0 Å². The third-order valence-corrected chi connectivity index (χ3v) is 5.03. The van der Waals surface area contributed by atoms with Gasteiger partial charge in [0.05, 0.1) is 11.0 Å². The molecule has 0 aliphatic rings. The minimum absolute atomic E-state index is 0.0793. The fourth-order valence-electron chi connectivity index (χ4n) is 3.20. The highest BCUT2D eigenvalue weighted by atomic mass is 35.5. The lowest BCUT2D eigenvalue weighted by Gasteiger charge is -2.18. The molecule has 1 aromatic heterocycles. The molecule has 0 fully saturated rings. The van der Waals surface area contributed by atoms with Gasteiger partial charge in [-0.15, -0.1) is 0 Å². The third-order valence-electron chi connectivity index (χ3n) is 4.67. The molecule has 0 aliphatic heterocycles. The maximum Gasteiger partial charge on any atom is 0.329 e. The Bertz CT molecular complexity index is 1020. The van der Waals surface area contributed by atoms with Crippen molar-refractivity contribution < 1.29 is 9.18 Å². The van der Waals surface area contributed by atoms with E-state index in [1.165, 1.54) is 17.0 Å². The highest BCUT2D eigenvalue weighted by Crippen LogP contribution is 2.20. The average Bonchev–Trinajstić information content (AvgIpc) is 2.93. The summed E-state index contributed by atoms with van der Waals surface area (Å²) in [6, 6.07) is 12.0. The zero-order valence-corrected chi connectivity index (χ0v) is 16.0. The molecule has 27 heavy (non-hydrogen) atoms. The second-order valence-electron chi connectivity index (χ2n) is 6.37. The number of aryl methyl sites for hydroxylation is 2. The first-order chi connectivity index (χ1) is 12.9. The number of fused-ring (bicyclic) bond motifs is 1. The number of amides is 1. The van der Waals surface area contributed by atoms with Gasteiger partial charge in [-0.1, -0.05) is 29.8 Å². The molecule has 0 aliphatic carbocycles. The molecule has 0 N–H and O–H groups in total. The number of carbonyl (C=O) groups is 1. The Balaban J connectivity index is 1.75. The van der Waals surface area contributed by atoms with E-state index in [0.29, 0.717) is 6.54 Å². The van der Waals surface area contributed by atoms with Gasteiger partial charge in [0.2, 0.25) is 5.91 Å². The van der Waals surface area contributed by atoms with Gasteiger partial charge in [0, 0.05) is 43.7 Å². The Hall–Kier alpha value is -2.60. The van der Waals surface area contributed by atoms with Gasteiger partial charge in [-0.25, -0.2) is 9.18 Å². The van der Waals surface area contributed by atoms with Crippen LogP contribution in [0.3, 0.4) is 0 Å². The first-order valence-electron chi connectivity index (χ1n) is 8.79. The number of imidazole rings is 1. The summed E-state index contributed by atoms with van der Waals surface area (Å²) in [5.41, 5.74) is 1.81. The molecule has 0 saturated heterocycles. The number of para-hydroxylation sites is 2. The van der Waals surface area contributed by atoms with E-state index >= 15 is 0 Å². The van der Waals surface area contributed by atoms with Crippen molar-refractivity contribution in [2.75, 3.05) is 7.05 Å². The predicted octanol–water partition coefficient (Wildman–Crippen LogP) is 3.66. The molecule has 3 aromatic rings. The highest BCUT2D eigenvalue weighted by molar-refractivity contribution is 6.31. The topological polar surface area (TPSA) is 47.2 Å². The van der Waals surface area contributed by atoms with E-state index in [-0.39, 0.29) is 41.7 Å². The monoisotopic (exact) mass is 389 g/mol. The molecule has 3 rings (SSSR count). The van der Waals surface area contributed by atoms with Crippen LogP contribution in [0.25, 0.3) is 11.0 Å². The molecule has 0 bridgehead atoms. The molecule has 1 amide bonds. The standard InChI is InChI=1S/C20H21ClFN3O2/c1-3-24-17-9-4-5-10-18(17)25(20(24)27)12-11-19(26)23(2)13-14-15(21)7-6-8-16(14)22/h4-10H,3,11-13H2,1-2H3. The largest absolute Gasteiger partial charge is 0.341 e. The molecular formula is C20H21ClFN3O2. The van der Waals surface area contributed by atoms with E-state index in [1.807, 2.05) is 31.2 Å². The van der Waals surface area contributed by atoms with Crippen molar-refractivity contribution in [1.29, 1.82) is 0 Å². The molecule has 1 heterocycles. The summed E-state index contributed by atoms with van der Waals surface area (Å²) in [6.07, 6.45) is 0.139. The number of aromatic nitrogens is 2. The van der Waals surface area contributed by atoms with Crippen molar-refractivity contribution in [3.63, 3.8) is 0 Å². The Morgan fingerprint density at radius 3 is 2.41 bits per heavy atom. The van der Waals surface area contributed by atoms with Gasteiger partial charge in [0.1, 0.15) is 5.82 Å². The number of carbonyl (C=O) groups excluding carboxylic acids is 1. The van der Waals surface area contributed by atoms with Gasteiger partial charge in [-0.2, -0.15) is 0 Å². The molecule has 0 radical (unpaired) electrons. The lowest BCUT2D eigenvalue weighted by molar-refractivity contribution is -0.130. The Morgan fingerprint density at radius 1 is 1.11 bits per heavy atom. The third kappa shape index (κ3) is 3.76. The first kappa shape index (κ1) is 19.2. The van der Waals surface area contributed by atoms with Gasteiger partial charge in [-0.05, 0) is 31.2 Å². The summed E-state index contributed by atoms with van der Waals surface area (Å²) < 4.78 is 17.2. The van der Waals surface area contributed by atoms with Crippen LogP contribution in [-0.2, 0) is 24.4 Å². The molecule has 0 saturated carbocycles. The highest BCUT2D eigenvalue weighted by Gasteiger charge is 2.16. The van der Waals surface area contributed by atoms with Crippen LogP contribution in [0.2, 0.25) is 5.02 Å². The summed E-state index contributed by atoms with van der Waals surface area (Å²) in [6.45, 7) is 2.82. The Morgan fingerprint density at radius 2 is 1.78 bits per heavy atom. The van der Waals surface area contributed by atoms with E-state index in [0.717, 1.165) is 11.0 Å². The number of hydrogen-bond donors (Lipinski definition) is 0. The minimum Gasteiger partial charge on any atom is -0.341 e. The van der Waals surface area contributed by atoms with Gasteiger partial charge < -0.3 is 4.90 Å². The Labute approximate surface area is 161 Å². The van der Waals surface area contributed by atoms with Crippen LogP contribution in [0.4, 0.5) is 4.39 Å². The van der Waals surface area contributed by atoms with Crippen LogP contribution in [0, 0.1) is 5.82 Å². The van der Waals surface area contributed by atoms with Crippen LogP contribution in [0.15, 0.2) is 47.3 Å². The summed E-state index contributed by atoms with van der Waals surface area (Å²) in [7, 11) is 1.60. The normalized spacial score (nSPS) is 11.1. The van der Waals surface area contributed by atoms with Crippen LogP contribution in [0.1, 0.15) is 18.9 Å². The van der Waals surface area contributed by atoms with Crippen molar-refractivity contribution in [1.82, 2.24) is 14.0 Å². The van der Waals surface area contributed by atoms with Crippen molar-refractivity contribution in [3.05, 3.63) is 69.4 Å². The molecule has 0 spiro atoms. The second-order valence-corrected chi connectivity index (χ2v) is 6.77. The lowest BCUT2D eigenvalue weighted by atomic mass is 10.2. The van der Waals surface area contributed by atoms with E-state index in [4.69, 9.17) is 11.6 Å². The Kier molecular flexibility index (Phi) is 5.65. The van der Waals surface area contributed by atoms with E-state index in [9.17, 15) is 14.0 Å². The van der Waals surface area contributed by atoms with E-state index in [2.05, 4.69) is 0 Å². The summed E-state index contributed by atoms with van der Waals surface area (Å²) >= 11 is 6.03. The van der Waals surface area contributed by atoms with Crippen LogP contribution in [-0.4, -0.2) is 27.0 Å². The summed E-state index contributed by atoms with van der Waals surface area (Å²) in [5.74, 6) is -0.626. The van der Waals surface area contributed by atoms with Crippen molar-refractivity contribution >= 4 is 28.5 Å². The van der Waals surface area contributed by atoms with E-state index < -0.39 is 5.82 Å². The van der Waals surface area contributed by atoms with Crippen molar-refractivity contribution in [2.45, 2.75) is 33.0 Å². The quantitative estimate of drug-likeness (QED) is 0.646. The lowest BCUT2D eigenvalue weighted by Crippen LogP contribution is -2.30. The first-order valence-corrected chi connectivity index (χ1v) is 9.16. The molecule has 7 heteroatoms. The molecule has 2 aromatic carbocycles. The summed E-state index contributed by atoms with van der Waals surface area (Å²) in [5, 5.41) is 0.289. The zero-order chi connectivity index (χ0) is 19.6. The molecule has 142 valence electrons. The van der Waals surface area contributed by atoms with Crippen LogP contribution in [0.5, 0.6) is 0 Å². The number of rotatable bonds is 6. The van der Waals surface area contributed by atoms with Gasteiger partial charge >= 0.3 is 5.69 Å². The van der Waals surface area contributed by atoms with E-state index in [1.54, 1.807) is 22.2 Å². The number of nitrogens with zero attached hydrogens (tertiary/aromatic N) is 3. The second kappa shape index (κ2) is 7.96. The van der Waals surface area contributed by atoms with Crippen molar-refractivity contribution in [2.24, 2.45) is 0 Å². The van der Waals surface area contributed by atoms with Crippen LogP contribution >= 0.6 is 11.6 Å². The SMILES string of the molecule is CCn1c(=O)n(CCC(=O)N(C)Cc2c(F)cccc2Cl)c2ccccc21. The van der Waals surface area contributed by atoms with Crippen molar-refractivity contribution in [3.8, 4) is 0 Å². The van der Waals surface area contributed by atoms with Crippen LogP contribution < -0.4 is 5.69 Å². The molecular weight excluding hydrogens is 369 g/mol.